The molecule has 5 heteroatoms. The molecule has 5 nitrogen and oxygen atoms in total. The summed E-state index contributed by atoms with van der Waals surface area (Å²) in [4.78, 5) is 12.7. The van der Waals surface area contributed by atoms with Crippen LogP contribution in [0.3, 0.4) is 0 Å². The SMILES string of the molecule is CCc1nc(C)ccc1Oc1nccc(CN)n1. The number of hydrogen-bond acceptors (Lipinski definition) is 5. The summed E-state index contributed by atoms with van der Waals surface area (Å²) in [5.41, 5.74) is 8.15. The van der Waals surface area contributed by atoms with Crippen molar-refractivity contribution in [1.29, 1.82) is 0 Å². The maximum absolute atomic E-state index is 5.66. The Hall–Kier alpha value is -2.01. The highest BCUT2D eigenvalue weighted by molar-refractivity contribution is 5.31. The van der Waals surface area contributed by atoms with Crippen molar-refractivity contribution >= 4 is 0 Å². The Morgan fingerprint density at radius 2 is 2.06 bits per heavy atom. The lowest BCUT2D eigenvalue weighted by Crippen LogP contribution is -2.03. The van der Waals surface area contributed by atoms with Gasteiger partial charge < -0.3 is 10.5 Å². The van der Waals surface area contributed by atoms with Crippen LogP contribution in [0.25, 0.3) is 0 Å². The average molecular weight is 244 g/mol. The van der Waals surface area contributed by atoms with E-state index in [1.165, 1.54) is 0 Å². The normalized spacial score (nSPS) is 10.4. The Kier molecular flexibility index (Phi) is 3.84. The van der Waals surface area contributed by atoms with Gasteiger partial charge >= 0.3 is 6.01 Å². The Morgan fingerprint density at radius 1 is 1.22 bits per heavy atom. The summed E-state index contributed by atoms with van der Waals surface area (Å²) in [5.74, 6) is 0.692. The summed E-state index contributed by atoms with van der Waals surface area (Å²) in [5, 5.41) is 0. The molecule has 2 aromatic rings. The van der Waals surface area contributed by atoms with Crippen LogP contribution in [0.5, 0.6) is 11.8 Å². The zero-order chi connectivity index (χ0) is 13.0. The number of nitrogens with two attached hydrogens (primary N) is 1. The minimum absolute atomic E-state index is 0.304. The first kappa shape index (κ1) is 12.4. The van der Waals surface area contributed by atoms with Gasteiger partial charge in [-0.25, -0.2) is 4.98 Å². The number of hydrogen-bond donors (Lipinski definition) is 1. The van der Waals surface area contributed by atoms with E-state index >= 15 is 0 Å². The molecular formula is C13H16N4O. The number of aryl methyl sites for hydroxylation is 2. The van der Waals surface area contributed by atoms with E-state index in [9.17, 15) is 0 Å². The van der Waals surface area contributed by atoms with Crippen LogP contribution in [0, 0.1) is 6.92 Å². The standard InChI is InChI=1S/C13H16N4O/c1-3-11-12(5-4-9(2)16-11)18-13-15-7-6-10(8-14)17-13/h4-7H,3,8,14H2,1-2H3. The molecule has 0 spiro atoms. The number of rotatable bonds is 4. The van der Waals surface area contributed by atoms with E-state index in [4.69, 9.17) is 10.5 Å². The van der Waals surface area contributed by atoms with Gasteiger partial charge in [0.05, 0.1) is 11.4 Å². The molecule has 0 fully saturated rings. The third-order valence-electron chi connectivity index (χ3n) is 2.51. The van der Waals surface area contributed by atoms with E-state index in [2.05, 4.69) is 15.0 Å². The summed E-state index contributed by atoms with van der Waals surface area (Å²) in [7, 11) is 0. The average Bonchev–Trinajstić information content (AvgIpc) is 2.41. The zero-order valence-electron chi connectivity index (χ0n) is 10.6. The van der Waals surface area contributed by atoms with E-state index in [-0.39, 0.29) is 0 Å². The molecule has 0 saturated heterocycles. The highest BCUT2D eigenvalue weighted by Crippen LogP contribution is 2.22. The van der Waals surface area contributed by atoms with E-state index in [1.807, 2.05) is 26.0 Å². The van der Waals surface area contributed by atoms with E-state index in [0.717, 1.165) is 23.5 Å². The minimum Gasteiger partial charge on any atom is -0.422 e. The molecule has 0 bridgehead atoms. The predicted octanol–water partition coefficient (Wildman–Crippen LogP) is 1.99. The molecule has 0 aliphatic rings. The maximum Gasteiger partial charge on any atom is 0.322 e. The summed E-state index contributed by atoms with van der Waals surface area (Å²) >= 11 is 0. The molecular weight excluding hydrogens is 228 g/mol. The first-order valence-corrected chi connectivity index (χ1v) is 5.89. The van der Waals surface area contributed by atoms with E-state index in [1.54, 1.807) is 12.3 Å². The molecule has 0 aliphatic heterocycles. The van der Waals surface area contributed by atoms with Gasteiger partial charge in [0.25, 0.3) is 0 Å². The fourth-order valence-corrected chi connectivity index (χ4v) is 1.58. The van der Waals surface area contributed by atoms with Gasteiger partial charge in [-0.2, -0.15) is 4.98 Å². The van der Waals surface area contributed by atoms with Crippen LogP contribution in [0.1, 0.15) is 24.0 Å². The van der Waals surface area contributed by atoms with Crippen molar-refractivity contribution in [3.63, 3.8) is 0 Å². The van der Waals surface area contributed by atoms with Gasteiger partial charge in [0.2, 0.25) is 0 Å². The van der Waals surface area contributed by atoms with Gasteiger partial charge in [0.15, 0.2) is 5.75 Å². The van der Waals surface area contributed by atoms with Crippen molar-refractivity contribution in [2.45, 2.75) is 26.8 Å². The lowest BCUT2D eigenvalue weighted by atomic mass is 10.2. The highest BCUT2D eigenvalue weighted by atomic mass is 16.5. The molecule has 2 heterocycles. The number of pyridine rings is 1. The van der Waals surface area contributed by atoms with Crippen LogP contribution >= 0.6 is 0 Å². The zero-order valence-corrected chi connectivity index (χ0v) is 10.6. The van der Waals surface area contributed by atoms with Gasteiger partial charge in [-0.15, -0.1) is 0 Å². The predicted molar refractivity (Wildman–Crippen MR) is 68.3 cm³/mol. The Labute approximate surface area is 106 Å². The quantitative estimate of drug-likeness (QED) is 0.890. The van der Waals surface area contributed by atoms with Gasteiger partial charge in [-0.05, 0) is 31.5 Å². The smallest absolute Gasteiger partial charge is 0.322 e. The monoisotopic (exact) mass is 244 g/mol. The van der Waals surface area contributed by atoms with Crippen LogP contribution < -0.4 is 10.5 Å². The van der Waals surface area contributed by atoms with Crippen LogP contribution in [0.2, 0.25) is 0 Å². The first-order valence-electron chi connectivity index (χ1n) is 5.89. The van der Waals surface area contributed by atoms with Gasteiger partial charge in [-0.1, -0.05) is 6.92 Å². The molecule has 0 unspecified atom stereocenters. The largest absolute Gasteiger partial charge is 0.422 e. The molecule has 94 valence electrons. The molecule has 2 N–H and O–H groups in total. The van der Waals surface area contributed by atoms with E-state index < -0.39 is 0 Å². The molecule has 0 saturated carbocycles. The third kappa shape index (κ3) is 2.81. The molecule has 0 aromatic carbocycles. The van der Waals surface area contributed by atoms with Crippen molar-refractivity contribution in [3.8, 4) is 11.8 Å². The van der Waals surface area contributed by atoms with Crippen molar-refractivity contribution in [3.05, 3.63) is 41.5 Å². The van der Waals surface area contributed by atoms with Gasteiger partial charge in [0.1, 0.15) is 0 Å². The Balaban J connectivity index is 2.27. The molecule has 0 amide bonds. The van der Waals surface area contributed by atoms with Crippen LogP contribution in [0.15, 0.2) is 24.4 Å². The lowest BCUT2D eigenvalue weighted by molar-refractivity contribution is 0.431. The maximum atomic E-state index is 5.66. The molecule has 2 aromatic heterocycles. The van der Waals surface area contributed by atoms with E-state index in [0.29, 0.717) is 18.3 Å². The number of nitrogens with zero attached hydrogens (tertiary/aromatic N) is 3. The first-order chi connectivity index (χ1) is 8.72. The molecule has 0 radical (unpaired) electrons. The highest BCUT2D eigenvalue weighted by Gasteiger charge is 2.07. The number of ether oxygens (including phenoxy) is 1. The van der Waals surface area contributed by atoms with Crippen LogP contribution in [0.4, 0.5) is 0 Å². The molecule has 0 aliphatic carbocycles. The molecule has 18 heavy (non-hydrogen) atoms. The summed E-state index contributed by atoms with van der Waals surface area (Å²) in [6, 6.07) is 5.86. The third-order valence-corrected chi connectivity index (χ3v) is 2.51. The van der Waals surface area contributed by atoms with Gasteiger partial charge in [0, 0.05) is 18.4 Å². The van der Waals surface area contributed by atoms with Crippen LogP contribution in [-0.2, 0) is 13.0 Å². The Morgan fingerprint density at radius 3 is 2.78 bits per heavy atom. The fourth-order valence-electron chi connectivity index (χ4n) is 1.58. The van der Waals surface area contributed by atoms with Gasteiger partial charge in [-0.3, -0.25) is 4.98 Å². The summed E-state index contributed by atoms with van der Waals surface area (Å²) < 4.78 is 5.66. The summed E-state index contributed by atoms with van der Waals surface area (Å²) in [6.07, 6.45) is 2.44. The summed E-state index contributed by atoms with van der Waals surface area (Å²) in [6.45, 7) is 4.35. The topological polar surface area (TPSA) is 73.9 Å². The van der Waals surface area contributed by atoms with Crippen molar-refractivity contribution in [2.75, 3.05) is 0 Å². The molecule has 0 atom stereocenters. The van der Waals surface area contributed by atoms with Crippen LogP contribution in [-0.4, -0.2) is 15.0 Å². The lowest BCUT2D eigenvalue weighted by Gasteiger charge is -2.08. The fraction of sp³-hybridized carbons (Fsp3) is 0.308. The number of aromatic nitrogens is 3. The van der Waals surface area contributed by atoms with Crippen molar-refractivity contribution in [2.24, 2.45) is 5.73 Å². The van der Waals surface area contributed by atoms with Crippen molar-refractivity contribution in [1.82, 2.24) is 15.0 Å². The Bertz CT molecular complexity index is 542. The molecule has 2 rings (SSSR count). The second-order valence-corrected chi connectivity index (χ2v) is 3.89. The minimum atomic E-state index is 0.304. The second-order valence-electron chi connectivity index (χ2n) is 3.89. The van der Waals surface area contributed by atoms with Crippen molar-refractivity contribution < 1.29 is 4.74 Å². The second kappa shape index (κ2) is 5.55.